The first-order valence-corrected chi connectivity index (χ1v) is 6.41. The molecule has 0 atom stereocenters. The third-order valence-electron chi connectivity index (χ3n) is 2.95. The molecular weight excluding hydrogens is 286 g/mol. The van der Waals surface area contributed by atoms with E-state index in [0.717, 1.165) is 6.07 Å². The average Bonchev–Trinajstić information content (AvgIpc) is 2.55. The van der Waals surface area contributed by atoms with Crippen molar-refractivity contribution in [3.63, 3.8) is 0 Å². The van der Waals surface area contributed by atoms with Crippen LogP contribution in [0.1, 0.15) is 15.9 Å². The number of anilines is 1. The normalized spacial score (nSPS) is 10.0. The van der Waals surface area contributed by atoms with Crippen molar-refractivity contribution >= 4 is 23.1 Å². The Morgan fingerprint density at radius 3 is 2.41 bits per heavy atom. The average molecular weight is 299 g/mol. The highest BCUT2D eigenvalue weighted by Gasteiger charge is 2.19. The predicted molar refractivity (Wildman–Crippen MR) is 80.7 cm³/mol. The smallest absolute Gasteiger partial charge is 0.270 e. The molecule has 3 N–H and O–H groups in total. The van der Waals surface area contributed by atoms with Crippen molar-refractivity contribution in [2.45, 2.75) is 0 Å². The molecule has 0 radical (unpaired) electrons. The van der Waals surface area contributed by atoms with Crippen molar-refractivity contribution < 1.29 is 14.5 Å². The van der Waals surface area contributed by atoms with Crippen molar-refractivity contribution in [1.29, 1.82) is 0 Å². The molecule has 2 aromatic carbocycles. The summed E-state index contributed by atoms with van der Waals surface area (Å²) >= 11 is 0. The highest BCUT2D eigenvalue weighted by Crippen LogP contribution is 2.24. The van der Waals surface area contributed by atoms with E-state index in [1.165, 1.54) is 12.1 Å². The molecule has 0 aliphatic carbocycles. The quantitative estimate of drug-likeness (QED) is 0.495. The molecule has 0 fully saturated rings. The van der Waals surface area contributed by atoms with Crippen LogP contribution in [0, 0.1) is 10.1 Å². The van der Waals surface area contributed by atoms with E-state index < -0.39 is 16.6 Å². The lowest BCUT2D eigenvalue weighted by atomic mass is 10.0. The summed E-state index contributed by atoms with van der Waals surface area (Å²) < 4.78 is 0. The Morgan fingerprint density at radius 1 is 1.14 bits per heavy atom. The highest BCUT2D eigenvalue weighted by molar-refractivity contribution is 6.14. The fourth-order valence-electron chi connectivity index (χ4n) is 1.89. The summed E-state index contributed by atoms with van der Waals surface area (Å²) in [6.07, 6.45) is 0. The lowest BCUT2D eigenvalue weighted by Gasteiger charge is -2.10. The second kappa shape index (κ2) is 6.59. The van der Waals surface area contributed by atoms with E-state index in [9.17, 15) is 19.7 Å². The molecule has 0 unspecified atom stereocenters. The number of non-ortho nitro benzene ring substituents is 1. The van der Waals surface area contributed by atoms with Gasteiger partial charge in [0, 0.05) is 17.7 Å². The molecule has 2 aromatic rings. The van der Waals surface area contributed by atoms with Crippen LogP contribution in [0.25, 0.3) is 0 Å². The predicted octanol–water partition coefficient (Wildman–Crippen LogP) is 1.72. The van der Waals surface area contributed by atoms with Crippen LogP contribution in [0.15, 0.2) is 48.5 Å². The molecular formula is C15H13N3O4. The minimum absolute atomic E-state index is 0.0437. The summed E-state index contributed by atoms with van der Waals surface area (Å²) in [5.41, 5.74) is 5.60. The van der Waals surface area contributed by atoms with Crippen molar-refractivity contribution in [2.75, 3.05) is 11.9 Å². The Morgan fingerprint density at radius 2 is 1.82 bits per heavy atom. The van der Waals surface area contributed by atoms with E-state index in [1.54, 1.807) is 30.3 Å². The standard InChI is InChI=1S/C15H13N3O4/c16-9-14(19)17-13-7-6-11(18(21)22)8-12(13)15(20)10-4-2-1-3-5-10/h1-8H,9,16H2,(H,17,19). The number of rotatable bonds is 5. The van der Waals surface area contributed by atoms with E-state index in [0.29, 0.717) is 5.56 Å². The maximum absolute atomic E-state index is 12.5. The SMILES string of the molecule is NCC(=O)Nc1ccc([N+](=O)[O-])cc1C(=O)c1ccccc1. The van der Waals surface area contributed by atoms with Gasteiger partial charge in [0.15, 0.2) is 5.78 Å². The molecule has 7 nitrogen and oxygen atoms in total. The number of hydrogen-bond acceptors (Lipinski definition) is 5. The maximum Gasteiger partial charge on any atom is 0.270 e. The van der Waals surface area contributed by atoms with Crippen LogP contribution in [0.3, 0.4) is 0 Å². The summed E-state index contributed by atoms with van der Waals surface area (Å²) in [5, 5.41) is 13.4. The zero-order valence-electron chi connectivity index (χ0n) is 11.5. The second-order valence-electron chi connectivity index (χ2n) is 4.43. The van der Waals surface area contributed by atoms with E-state index in [4.69, 9.17) is 5.73 Å². The molecule has 0 aromatic heterocycles. The van der Waals surface area contributed by atoms with E-state index in [2.05, 4.69) is 5.32 Å². The Hall–Kier alpha value is -3.06. The Balaban J connectivity index is 2.49. The number of carbonyl (C=O) groups excluding carboxylic acids is 2. The molecule has 7 heteroatoms. The number of nitrogens with two attached hydrogens (primary N) is 1. The number of hydrogen-bond donors (Lipinski definition) is 2. The molecule has 0 saturated carbocycles. The first kappa shape index (κ1) is 15.3. The van der Waals surface area contributed by atoms with Gasteiger partial charge in [-0.2, -0.15) is 0 Å². The zero-order valence-corrected chi connectivity index (χ0v) is 11.5. The second-order valence-corrected chi connectivity index (χ2v) is 4.43. The summed E-state index contributed by atoms with van der Waals surface area (Å²) in [5.74, 6) is -0.910. The summed E-state index contributed by atoms with van der Waals surface area (Å²) in [4.78, 5) is 34.2. The van der Waals surface area contributed by atoms with Gasteiger partial charge in [-0.3, -0.25) is 19.7 Å². The maximum atomic E-state index is 12.5. The van der Waals surface area contributed by atoms with Gasteiger partial charge < -0.3 is 11.1 Å². The van der Waals surface area contributed by atoms with E-state index in [-0.39, 0.29) is 23.5 Å². The molecule has 22 heavy (non-hydrogen) atoms. The largest absolute Gasteiger partial charge is 0.324 e. The highest BCUT2D eigenvalue weighted by atomic mass is 16.6. The molecule has 0 aliphatic rings. The summed E-state index contributed by atoms with van der Waals surface area (Å²) in [7, 11) is 0. The molecule has 112 valence electrons. The van der Waals surface area contributed by atoms with Gasteiger partial charge in [-0.25, -0.2) is 0 Å². The van der Waals surface area contributed by atoms with Crippen LogP contribution in [0.5, 0.6) is 0 Å². The number of benzene rings is 2. The Bertz CT molecular complexity index is 729. The number of nitro groups is 1. The number of nitrogens with zero attached hydrogens (tertiary/aromatic N) is 1. The van der Waals surface area contributed by atoms with Gasteiger partial charge in [0.2, 0.25) is 5.91 Å². The monoisotopic (exact) mass is 299 g/mol. The van der Waals surface area contributed by atoms with E-state index in [1.807, 2.05) is 0 Å². The molecule has 0 aliphatic heterocycles. The van der Waals surface area contributed by atoms with Crippen LogP contribution in [-0.4, -0.2) is 23.2 Å². The zero-order chi connectivity index (χ0) is 16.1. The van der Waals surface area contributed by atoms with Gasteiger partial charge in [0.05, 0.1) is 22.7 Å². The number of carbonyl (C=O) groups is 2. The summed E-state index contributed by atoms with van der Waals surface area (Å²) in [6.45, 7) is -0.254. The van der Waals surface area contributed by atoms with Crippen LogP contribution in [-0.2, 0) is 4.79 Å². The minimum Gasteiger partial charge on any atom is -0.324 e. The molecule has 0 bridgehead atoms. The first-order valence-electron chi connectivity index (χ1n) is 6.41. The fraction of sp³-hybridized carbons (Fsp3) is 0.0667. The van der Waals surface area contributed by atoms with Gasteiger partial charge in [-0.05, 0) is 6.07 Å². The van der Waals surface area contributed by atoms with Gasteiger partial charge in [0.1, 0.15) is 0 Å². The van der Waals surface area contributed by atoms with Crippen LogP contribution < -0.4 is 11.1 Å². The van der Waals surface area contributed by atoms with Gasteiger partial charge in [-0.1, -0.05) is 30.3 Å². The molecule has 2 rings (SSSR count). The van der Waals surface area contributed by atoms with Crippen LogP contribution in [0.4, 0.5) is 11.4 Å². The van der Waals surface area contributed by atoms with E-state index >= 15 is 0 Å². The number of nitro benzene ring substituents is 1. The number of nitrogens with one attached hydrogen (secondary N) is 1. The van der Waals surface area contributed by atoms with Crippen molar-refractivity contribution in [1.82, 2.24) is 0 Å². The topological polar surface area (TPSA) is 115 Å². The van der Waals surface area contributed by atoms with Crippen LogP contribution in [0.2, 0.25) is 0 Å². The van der Waals surface area contributed by atoms with Crippen LogP contribution >= 0.6 is 0 Å². The fourth-order valence-corrected chi connectivity index (χ4v) is 1.89. The molecule has 0 saturated heterocycles. The van der Waals surface area contributed by atoms with Crippen molar-refractivity contribution in [3.8, 4) is 0 Å². The lowest BCUT2D eigenvalue weighted by Crippen LogP contribution is -2.23. The first-order chi connectivity index (χ1) is 10.5. The number of amides is 1. The third-order valence-corrected chi connectivity index (χ3v) is 2.95. The third kappa shape index (κ3) is 3.33. The molecule has 0 heterocycles. The minimum atomic E-state index is -0.601. The number of ketones is 1. The van der Waals surface area contributed by atoms with Gasteiger partial charge >= 0.3 is 0 Å². The molecule has 0 spiro atoms. The molecule has 1 amide bonds. The Labute approximate surface area is 125 Å². The summed E-state index contributed by atoms with van der Waals surface area (Å²) in [6, 6.07) is 12.0. The van der Waals surface area contributed by atoms with Crippen molar-refractivity contribution in [2.24, 2.45) is 5.73 Å². The van der Waals surface area contributed by atoms with Gasteiger partial charge in [0.25, 0.3) is 5.69 Å². The van der Waals surface area contributed by atoms with Gasteiger partial charge in [-0.15, -0.1) is 0 Å². The lowest BCUT2D eigenvalue weighted by molar-refractivity contribution is -0.384. The van der Waals surface area contributed by atoms with Crippen molar-refractivity contribution in [3.05, 3.63) is 69.8 Å². The Kier molecular flexibility index (Phi) is 4.60.